The molecule has 0 aliphatic carbocycles. The molecule has 1 aromatic rings. The van der Waals surface area contributed by atoms with Gasteiger partial charge in [-0.25, -0.2) is 8.78 Å². The molecule has 5 heteroatoms. The van der Waals surface area contributed by atoms with Crippen LogP contribution in [0.3, 0.4) is 0 Å². The molecule has 3 nitrogen and oxygen atoms in total. The van der Waals surface area contributed by atoms with Crippen molar-refractivity contribution in [2.45, 2.75) is 25.8 Å². The van der Waals surface area contributed by atoms with Gasteiger partial charge in [0.15, 0.2) is 0 Å². The maximum atomic E-state index is 13.2. The maximum absolute atomic E-state index is 13.2. The van der Waals surface area contributed by atoms with Crippen LogP contribution < -0.4 is 5.32 Å². The lowest BCUT2D eigenvalue weighted by Crippen LogP contribution is -2.35. The lowest BCUT2D eigenvalue weighted by atomic mass is 10.1. The van der Waals surface area contributed by atoms with Crippen molar-refractivity contribution in [2.24, 2.45) is 0 Å². The summed E-state index contributed by atoms with van der Waals surface area (Å²) in [6.45, 7) is 1.52. The molecule has 0 spiro atoms. The fourth-order valence-electron chi connectivity index (χ4n) is 1.37. The van der Waals surface area contributed by atoms with Crippen LogP contribution in [-0.4, -0.2) is 23.7 Å². The van der Waals surface area contributed by atoms with Crippen molar-refractivity contribution < 1.29 is 18.7 Å². The number of hydrogen-bond acceptors (Lipinski definition) is 2. The Kier molecular flexibility index (Phi) is 5.03. The molecule has 2 N–H and O–H groups in total. The second-order valence-corrected chi connectivity index (χ2v) is 3.89. The first kappa shape index (κ1) is 13.6. The molecule has 0 saturated heterocycles. The van der Waals surface area contributed by atoms with Gasteiger partial charge < -0.3 is 10.4 Å². The van der Waals surface area contributed by atoms with E-state index in [0.717, 1.165) is 12.1 Å². The summed E-state index contributed by atoms with van der Waals surface area (Å²) in [6, 6.07) is 2.96. The third kappa shape index (κ3) is 4.48. The molecule has 0 aliphatic rings. The number of amides is 1. The Hall–Kier alpha value is -1.49. The van der Waals surface area contributed by atoms with Crippen molar-refractivity contribution in [2.75, 3.05) is 6.61 Å². The molecule has 0 aromatic heterocycles. The first-order valence-electron chi connectivity index (χ1n) is 5.37. The van der Waals surface area contributed by atoms with E-state index in [1.165, 1.54) is 6.07 Å². The zero-order valence-electron chi connectivity index (χ0n) is 9.54. The molecule has 1 aromatic carbocycles. The fraction of sp³-hybridized carbons (Fsp3) is 0.417. The minimum absolute atomic E-state index is 0.104. The fourth-order valence-corrected chi connectivity index (χ4v) is 1.37. The zero-order valence-corrected chi connectivity index (χ0v) is 9.54. The number of benzene rings is 1. The number of aliphatic hydroxyl groups excluding tert-OH is 1. The third-order valence-electron chi connectivity index (χ3n) is 2.32. The molecule has 0 fully saturated rings. The molecule has 0 heterocycles. The number of aryl methyl sites for hydroxylation is 1. The molecule has 0 bridgehead atoms. The van der Waals surface area contributed by atoms with E-state index in [1.54, 1.807) is 6.92 Å². The average molecular weight is 243 g/mol. The number of aliphatic hydroxyl groups is 1. The number of hydrogen-bond donors (Lipinski definition) is 2. The Morgan fingerprint density at radius 3 is 2.76 bits per heavy atom. The Labute approximate surface area is 98.5 Å². The van der Waals surface area contributed by atoms with Crippen molar-refractivity contribution in [3.63, 3.8) is 0 Å². The summed E-state index contributed by atoms with van der Waals surface area (Å²) in [5.41, 5.74) is 0.304. The van der Waals surface area contributed by atoms with Crippen molar-refractivity contribution in [3.8, 4) is 0 Å². The summed E-state index contributed by atoms with van der Waals surface area (Å²) in [4.78, 5) is 11.3. The number of carbonyl (C=O) groups is 1. The molecule has 0 saturated carbocycles. The molecule has 94 valence electrons. The Balaban J connectivity index is 2.47. The van der Waals surface area contributed by atoms with E-state index in [0.29, 0.717) is 5.56 Å². The van der Waals surface area contributed by atoms with Gasteiger partial charge in [-0.05, 0) is 25.0 Å². The van der Waals surface area contributed by atoms with Crippen molar-refractivity contribution in [3.05, 3.63) is 35.4 Å². The predicted octanol–water partition coefficient (Wildman–Crippen LogP) is 1.39. The van der Waals surface area contributed by atoms with Gasteiger partial charge in [0.2, 0.25) is 5.91 Å². The Morgan fingerprint density at radius 1 is 1.47 bits per heavy atom. The second kappa shape index (κ2) is 6.30. The van der Waals surface area contributed by atoms with Crippen LogP contribution >= 0.6 is 0 Å². The summed E-state index contributed by atoms with van der Waals surface area (Å²) in [7, 11) is 0. The van der Waals surface area contributed by atoms with Gasteiger partial charge in [-0.3, -0.25) is 4.79 Å². The highest BCUT2D eigenvalue weighted by molar-refractivity contribution is 5.76. The van der Waals surface area contributed by atoms with Gasteiger partial charge in [0.05, 0.1) is 6.61 Å². The maximum Gasteiger partial charge on any atom is 0.220 e. The van der Waals surface area contributed by atoms with Gasteiger partial charge in [0, 0.05) is 18.5 Å². The summed E-state index contributed by atoms with van der Waals surface area (Å²) in [5, 5.41) is 11.3. The van der Waals surface area contributed by atoms with Gasteiger partial charge in [-0.2, -0.15) is 0 Å². The zero-order chi connectivity index (χ0) is 12.8. The molecule has 0 radical (unpaired) electrons. The molecule has 1 unspecified atom stereocenters. The van der Waals surface area contributed by atoms with Gasteiger partial charge in [-0.1, -0.05) is 6.07 Å². The molecular formula is C12H15F2NO2. The number of rotatable bonds is 5. The van der Waals surface area contributed by atoms with Gasteiger partial charge in [0.1, 0.15) is 11.6 Å². The average Bonchev–Trinajstić information content (AvgIpc) is 2.27. The first-order valence-corrected chi connectivity index (χ1v) is 5.37. The molecular weight excluding hydrogens is 228 g/mol. The number of nitrogens with one attached hydrogen (secondary N) is 1. The van der Waals surface area contributed by atoms with Crippen LogP contribution in [0.5, 0.6) is 0 Å². The SMILES string of the molecule is CC(CO)NC(=O)CCc1ccc(F)cc1F. The normalized spacial score (nSPS) is 12.2. The van der Waals surface area contributed by atoms with Crippen LogP contribution in [-0.2, 0) is 11.2 Å². The lowest BCUT2D eigenvalue weighted by Gasteiger charge is -2.10. The molecule has 0 aliphatic heterocycles. The van der Waals surface area contributed by atoms with Crippen molar-refractivity contribution >= 4 is 5.91 Å². The monoisotopic (exact) mass is 243 g/mol. The number of carbonyl (C=O) groups excluding carboxylic acids is 1. The quantitative estimate of drug-likeness (QED) is 0.821. The van der Waals surface area contributed by atoms with Crippen LogP contribution in [0.15, 0.2) is 18.2 Å². The smallest absolute Gasteiger partial charge is 0.220 e. The van der Waals surface area contributed by atoms with E-state index in [2.05, 4.69) is 5.32 Å². The summed E-state index contributed by atoms with van der Waals surface area (Å²) in [5.74, 6) is -1.55. The first-order chi connectivity index (χ1) is 8.02. The van der Waals surface area contributed by atoms with Crippen LogP contribution in [0.25, 0.3) is 0 Å². The minimum Gasteiger partial charge on any atom is -0.394 e. The van der Waals surface area contributed by atoms with E-state index >= 15 is 0 Å². The predicted molar refractivity (Wildman–Crippen MR) is 59.4 cm³/mol. The highest BCUT2D eigenvalue weighted by Crippen LogP contribution is 2.11. The van der Waals surface area contributed by atoms with E-state index in [1.807, 2.05) is 0 Å². The summed E-state index contributed by atoms with van der Waals surface area (Å²) in [6.07, 6.45) is 0.309. The van der Waals surface area contributed by atoms with Gasteiger partial charge >= 0.3 is 0 Å². The third-order valence-corrected chi connectivity index (χ3v) is 2.32. The topological polar surface area (TPSA) is 49.3 Å². The standard InChI is InChI=1S/C12H15F2NO2/c1-8(7-16)15-12(17)5-3-9-2-4-10(13)6-11(9)14/h2,4,6,8,16H,3,5,7H2,1H3,(H,15,17). The summed E-state index contributed by atoms with van der Waals surface area (Å²) >= 11 is 0. The van der Waals surface area contributed by atoms with Gasteiger partial charge in [-0.15, -0.1) is 0 Å². The molecule has 1 atom stereocenters. The molecule has 1 amide bonds. The highest BCUT2D eigenvalue weighted by atomic mass is 19.1. The van der Waals surface area contributed by atoms with Crippen LogP contribution in [0.2, 0.25) is 0 Å². The van der Waals surface area contributed by atoms with E-state index in [9.17, 15) is 13.6 Å². The Morgan fingerprint density at radius 2 is 2.18 bits per heavy atom. The number of halogens is 2. The second-order valence-electron chi connectivity index (χ2n) is 3.89. The summed E-state index contributed by atoms with van der Waals surface area (Å²) < 4.78 is 25.8. The van der Waals surface area contributed by atoms with E-state index in [4.69, 9.17) is 5.11 Å². The Bertz CT molecular complexity index is 396. The van der Waals surface area contributed by atoms with Crippen LogP contribution in [0.1, 0.15) is 18.9 Å². The molecule has 17 heavy (non-hydrogen) atoms. The lowest BCUT2D eigenvalue weighted by molar-refractivity contribution is -0.121. The largest absolute Gasteiger partial charge is 0.394 e. The van der Waals surface area contributed by atoms with Gasteiger partial charge in [0.25, 0.3) is 0 Å². The van der Waals surface area contributed by atoms with Crippen molar-refractivity contribution in [1.29, 1.82) is 0 Å². The van der Waals surface area contributed by atoms with Crippen LogP contribution in [0.4, 0.5) is 8.78 Å². The van der Waals surface area contributed by atoms with E-state index in [-0.39, 0.29) is 31.4 Å². The molecule has 1 rings (SSSR count). The highest BCUT2D eigenvalue weighted by Gasteiger charge is 2.09. The van der Waals surface area contributed by atoms with Crippen LogP contribution in [0, 0.1) is 11.6 Å². The van der Waals surface area contributed by atoms with E-state index < -0.39 is 11.6 Å². The van der Waals surface area contributed by atoms with Crippen molar-refractivity contribution in [1.82, 2.24) is 5.32 Å². The minimum atomic E-state index is -0.645.